The molecular weight excluding hydrogens is 595 g/mol. The highest BCUT2D eigenvalue weighted by Crippen LogP contribution is 2.38. The lowest BCUT2D eigenvalue weighted by atomic mass is 9.95. The fraction of sp³-hybridized carbons (Fsp3) is 0. The SMILES string of the molecule is c1ccc(-c2nc(-n3c4ccccc4c4cc(-c5cccc(-c6cccc7ccccc67)c5)ccc43)nc3c2ccc2ccccc23)cc1. The van der Waals surface area contributed by atoms with Crippen LogP contribution in [0, 0.1) is 0 Å². The Labute approximate surface area is 283 Å². The molecule has 0 N–H and O–H groups in total. The topological polar surface area (TPSA) is 30.7 Å². The molecule has 0 atom stereocenters. The van der Waals surface area contributed by atoms with E-state index in [1.54, 1.807) is 0 Å². The minimum atomic E-state index is 0.666. The molecule has 8 aromatic carbocycles. The number of rotatable bonds is 4. The summed E-state index contributed by atoms with van der Waals surface area (Å²) in [5.74, 6) is 0.666. The number of nitrogens with zero attached hydrogens (tertiary/aromatic N) is 3. The van der Waals surface area contributed by atoms with Crippen LogP contribution in [0.4, 0.5) is 0 Å². The van der Waals surface area contributed by atoms with Crippen LogP contribution in [0.25, 0.3) is 93.7 Å². The third-order valence-corrected chi connectivity index (χ3v) is 9.80. The Morgan fingerprint density at radius 1 is 0.347 bits per heavy atom. The highest BCUT2D eigenvalue weighted by Gasteiger charge is 2.19. The highest BCUT2D eigenvalue weighted by atomic mass is 15.2. The second-order valence-electron chi connectivity index (χ2n) is 12.6. The molecule has 10 aromatic rings. The number of benzene rings is 8. The van der Waals surface area contributed by atoms with Gasteiger partial charge in [0.05, 0.1) is 22.2 Å². The van der Waals surface area contributed by atoms with Crippen molar-refractivity contribution >= 4 is 54.3 Å². The molecular formula is C46H29N3. The van der Waals surface area contributed by atoms with Crippen molar-refractivity contribution in [2.75, 3.05) is 0 Å². The quantitative estimate of drug-likeness (QED) is 0.183. The summed E-state index contributed by atoms with van der Waals surface area (Å²) in [6, 6.07) is 62.7. The van der Waals surface area contributed by atoms with Crippen LogP contribution in [0.15, 0.2) is 176 Å². The largest absolute Gasteiger partial charge is 0.278 e. The normalized spacial score (nSPS) is 11.7. The summed E-state index contributed by atoms with van der Waals surface area (Å²) in [4.78, 5) is 10.7. The Hall–Kier alpha value is -6.58. The predicted octanol–water partition coefficient (Wildman–Crippen LogP) is 12.0. The fourth-order valence-corrected chi connectivity index (χ4v) is 7.48. The van der Waals surface area contributed by atoms with Gasteiger partial charge in [0.1, 0.15) is 0 Å². The van der Waals surface area contributed by atoms with Gasteiger partial charge in [-0.2, -0.15) is 0 Å². The maximum Gasteiger partial charge on any atom is 0.235 e. The molecule has 0 saturated heterocycles. The van der Waals surface area contributed by atoms with Gasteiger partial charge in [-0.3, -0.25) is 4.57 Å². The second-order valence-corrected chi connectivity index (χ2v) is 12.6. The number of aromatic nitrogens is 3. The van der Waals surface area contributed by atoms with Crippen molar-refractivity contribution in [3.8, 4) is 39.5 Å². The van der Waals surface area contributed by atoms with E-state index >= 15 is 0 Å². The molecule has 0 aliphatic rings. The zero-order valence-corrected chi connectivity index (χ0v) is 26.6. The Bertz CT molecular complexity index is 2880. The van der Waals surface area contributed by atoms with E-state index < -0.39 is 0 Å². The summed E-state index contributed by atoms with van der Waals surface area (Å²) in [5, 5.41) is 8.19. The number of hydrogen-bond acceptors (Lipinski definition) is 2. The number of fused-ring (bicyclic) bond motifs is 7. The van der Waals surface area contributed by atoms with E-state index in [9.17, 15) is 0 Å². The lowest BCUT2D eigenvalue weighted by molar-refractivity contribution is 1.02. The van der Waals surface area contributed by atoms with Crippen molar-refractivity contribution in [3.05, 3.63) is 176 Å². The van der Waals surface area contributed by atoms with Gasteiger partial charge in [0.25, 0.3) is 0 Å². The average molecular weight is 624 g/mol. The molecule has 0 amide bonds. The minimum absolute atomic E-state index is 0.666. The van der Waals surface area contributed by atoms with Gasteiger partial charge in [-0.25, -0.2) is 9.97 Å². The van der Waals surface area contributed by atoms with Crippen LogP contribution >= 0.6 is 0 Å². The van der Waals surface area contributed by atoms with E-state index in [4.69, 9.17) is 9.97 Å². The first kappa shape index (κ1) is 27.5. The average Bonchev–Trinajstić information content (AvgIpc) is 3.51. The van der Waals surface area contributed by atoms with E-state index in [2.05, 4.69) is 174 Å². The number of hydrogen-bond donors (Lipinski definition) is 0. The minimum Gasteiger partial charge on any atom is -0.278 e. The molecule has 0 aliphatic carbocycles. The monoisotopic (exact) mass is 623 g/mol. The fourth-order valence-electron chi connectivity index (χ4n) is 7.48. The summed E-state index contributed by atoms with van der Waals surface area (Å²) >= 11 is 0. The van der Waals surface area contributed by atoms with Crippen molar-refractivity contribution in [2.24, 2.45) is 0 Å². The van der Waals surface area contributed by atoms with Crippen molar-refractivity contribution < 1.29 is 0 Å². The smallest absolute Gasteiger partial charge is 0.235 e. The third kappa shape index (κ3) is 4.44. The first-order valence-corrected chi connectivity index (χ1v) is 16.7. The molecule has 228 valence electrons. The molecule has 3 nitrogen and oxygen atoms in total. The van der Waals surface area contributed by atoms with E-state index in [1.807, 2.05) is 6.07 Å². The summed E-state index contributed by atoms with van der Waals surface area (Å²) in [7, 11) is 0. The summed E-state index contributed by atoms with van der Waals surface area (Å²) in [5.41, 5.74) is 9.92. The highest BCUT2D eigenvalue weighted by molar-refractivity contribution is 6.12. The van der Waals surface area contributed by atoms with Gasteiger partial charge in [0.2, 0.25) is 5.95 Å². The molecule has 0 aliphatic heterocycles. The predicted molar refractivity (Wildman–Crippen MR) is 205 cm³/mol. The lowest BCUT2D eigenvalue weighted by Gasteiger charge is -2.13. The third-order valence-electron chi connectivity index (χ3n) is 9.80. The molecule has 49 heavy (non-hydrogen) atoms. The van der Waals surface area contributed by atoms with Crippen molar-refractivity contribution in [1.29, 1.82) is 0 Å². The van der Waals surface area contributed by atoms with Gasteiger partial charge in [-0.1, -0.05) is 146 Å². The molecule has 0 bridgehead atoms. The van der Waals surface area contributed by atoms with Gasteiger partial charge < -0.3 is 0 Å². The maximum atomic E-state index is 5.33. The van der Waals surface area contributed by atoms with Gasteiger partial charge in [0.15, 0.2) is 0 Å². The van der Waals surface area contributed by atoms with E-state index in [1.165, 1.54) is 43.8 Å². The molecule has 2 heterocycles. The van der Waals surface area contributed by atoms with Crippen molar-refractivity contribution in [2.45, 2.75) is 0 Å². The Morgan fingerprint density at radius 2 is 0.980 bits per heavy atom. The zero-order valence-electron chi connectivity index (χ0n) is 26.6. The Morgan fingerprint density at radius 3 is 1.86 bits per heavy atom. The van der Waals surface area contributed by atoms with Gasteiger partial charge in [0, 0.05) is 27.1 Å². The van der Waals surface area contributed by atoms with Crippen LogP contribution < -0.4 is 0 Å². The van der Waals surface area contributed by atoms with Crippen LogP contribution in [-0.2, 0) is 0 Å². The van der Waals surface area contributed by atoms with E-state index in [0.717, 1.165) is 44.0 Å². The van der Waals surface area contributed by atoms with Crippen LogP contribution in [0.3, 0.4) is 0 Å². The van der Waals surface area contributed by atoms with Crippen LogP contribution in [0.5, 0.6) is 0 Å². The van der Waals surface area contributed by atoms with Crippen molar-refractivity contribution in [1.82, 2.24) is 14.5 Å². The summed E-state index contributed by atoms with van der Waals surface area (Å²) in [6.45, 7) is 0. The van der Waals surface area contributed by atoms with Gasteiger partial charge in [-0.05, 0) is 68.7 Å². The molecule has 0 spiro atoms. The molecule has 0 saturated carbocycles. The molecule has 10 rings (SSSR count). The van der Waals surface area contributed by atoms with Crippen LogP contribution in [0.2, 0.25) is 0 Å². The summed E-state index contributed by atoms with van der Waals surface area (Å²) in [6.07, 6.45) is 0. The first-order chi connectivity index (χ1) is 24.3. The lowest BCUT2D eigenvalue weighted by Crippen LogP contribution is -2.03. The molecule has 3 heteroatoms. The number of para-hydroxylation sites is 1. The van der Waals surface area contributed by atoms with E-state index in [-0.39, 0.29) is 0 Å². The van der Waals surface area contributed by atoms with Crippen molar-refractivity contribution in [3.63, 3.8) is 0 Å². The molecule has 0 radical (unpaired) electrons. The zero-order chi connectivity index (χ0) is 32.3. The molecule has 0 unspecified atom stereocenters. The van der Waals surface area contributed by atoms with Gasteiger partial charge >= 0.3 is 0 Å². The standard InChI is InChI=1S/C46H29N3/c1-2-14-32(15-3-1)44-40-26-24-31-13-5-7-20-38(31)45(40)48-46(47-44)49-42-23-9-8-21-39(42)41-29-34(25-27-43(41)49)33-17-10-18-35(28-33)37-22-11-16-30-12-4-6-19-36(30)37/h1-29H. The second kappa shape index (κ2) is 11.0. The first-order valence-electron chi connectivity index (χ1n) is 16.7. The summed E-state index contributed by atoms with van der Waals surface area (Å²) < 4.78 is 2.23. The van der Waals surface area contributed by atoms with E-state index in [0.29, 0.717) is 5.95 Å². The Balaban J connectivity index is 1.19. The maximum absolute atomic E-state index is 5.33. The van der Waals surface area contributed by atoms with Crippen LogP contribution in [-0.4, -0.2) is 14.5 Å². The molecule has 0 fully saturated rings. The Kier molecular flexibility index (Phi) is 6.18. The van der Waals surface area contributed by atoms with Gasteiger partial charge in [-0.15, -0.1) is 0 Å². The van der Waals surface area contributed by atoms with Crippen LogP contribution in [0.1, 0.15) is 0 Å². The molecule has 2 aromatic heterocycles.